The molecule has 0 aliphatic carbocycles. The summed E-state index contributed by atoms with van der Waals surface area (Å²) in [7, 11) is 0. The Morgan fingerprint density at radius 3 is 2.26 bits per heavy atom. The van der Waals surface area contributed by atoms with Gasteiger partial charge in [-0.05, 0) is 73.5 Å². The molecule has 0 aromatic heterocycles. The summed E-state index contributed by atoms with van der Waals surface area (Å²) in [5, 5.41) is 6.42. The number of imide groups is 1. The zero-order valence-electron chi connectivity index (χ0n) is 18.1. The molecule has 0 atom stereocenters. The van der Waals surface area contributed by atoms with Crippen molar-refractivity contribution in [3.63, 3.8) is 0 Å². The summed E-state index contributed by atoms with van der Waals surface area (Å²) in [6.07, 6.45) is 0. The van der Waals surface area contributed by atoms with E-state index in [1.165, 1.54) is 6.07 Å². The minimum atomic E-state index is -0.661. The van der Waals surface area contributed by atoms with E-state index in [4.69, 9.17) is 34.8 Å². The van der Waals surface area contributed by atoms with Gasteiger partial charge in [0, 0.05) is 27.0 Å². The van der Waals surface area contributed by atoms with E-state index in [1.807, 2.05) is 6.92 Å². The summed E-state index contributed by atoms with van der Waals surface area (Å²) in [6.45, 7) is 3.60. The van der Waals surface area contributed by atoms with Gasteiger partial charge < -0.3 is 10.6 Å². The van der Waals surface area contributed by atoms with Gasteiger partial charge in [-0.1, -0.05) is 46.9 Å². The van der Waals surface area contributed by atoms with Crippen molar-refractivity contribution in [2.45, 2.75) is 13.8 Å². The summed E-state index contributed by atoms with van der Waals surface area (Å²) in [5.74, 6) is -1.63. The van der Waals surface area contributed by atoms with E-state index in [1.54, 1.807) is 61.5 Å². The zero-order valence-corrected chi connectivity index (χ0v) is 20.3. The largest absolute Gasteiger partial charge is 0.350 e. The average molecular weight is 515 g/mol. The van der Waals surface area contributed by atoms with Gasteiger partial charge >= 0.3 is 0 Å². The van der Waals surface area contributed by atoms with Crippen molar-refractivity contribution < 1.29 is 14.4 Å². The van der Waals surface area contributed by atoms with Crippen LogP contribution in [-0.4, -0.2) is 17.7 Å². The van der Waals surface area contributed by atoms with Crippen LogP contribution in [0, 0.1) is 13.8 Å². The zero-order chi connectivity index (χ0) is 24.6. The maximum absolute atomic E-state index is 13.1. The first kappa shape index (κ1) is 23.8. The fourth-order valence-electron chi connectivity index (χ4n) is 3.50. The predicted molar refractivity (Wildman–Crippen MR) is 136 cm³/mol. The predicted octanol–water partition coefficient (Wildman–Crippen LogP) is 6.30. The molecule has 6 nitrogen and oxygen atoms in total. The highest BCUT2D eigenvalue weighted by atomic mass is 35.5. The number of anilines is 3. The lowest BCUT2D eigenvalue weighted by Crippen LogP contribution is -2.32. The Labute approximate surface area is 211 Å². The van der Waals surface area contributed by atoms with E-state index < -0.39 is 11.8 Å². The van der Waals surface area contributed by atoms with Crippen molar-refractivity contribution in [1.29, 1.82) is 0 Å². The molecule has 0 spiro atoms. The molecular formula is C25H18Cl3N3O3. The van der Waals surface area contributed by atoms with E-state index in [9.17, 15) is 14.4 Å². The fraction of sp³-hybridized carbons (Fsp3) is 0.0800. The van der Waals surface area contributed by atoms with Crippen LogP contribution < -0.4 is 15.5 Å². The first-order chi connectivity index (χ1) is 16.2. The minimum Gasteiger partial charge on any atom is -0.350 e. The summed E-state index contributed by atoms with van der Waals surface area (Å²) >= 11 is 18.3. The Hall–Kier alpha value is -3.32. The molecule has 3 aromatic carbocycles. The van der Waals surface area contributed by atoms with Gasteiger partial charge in [0.1, 0.15) is 10.7 Å². The van der Waals surface area contributed by atoms with Gasteiger partial charge in [0.15, 0.2) is 0 Å². The number of nitrogens with one attached hydrogen (secondary N) is 2. The van der Waals surface area contributed by atoms with Crippen LogP contribution in [0.15, 0.2) is 71.4 Å². The molecule has 2 N–H and O–H groups in total. The SMILES string of the molecule is Cc1cc(Cl)ccc1NC(=O)c1cccc(NC2=C(Cl)C(=O)N(c3cc(Cl)ccc3C)C2=O)c1. The van der Waals surface area contributed by atoms with Gasteiger partial charge in [0.2, 0.25) is 0 Å². The van der Waals surface area contributed by atoms with E-state index >= 15 is 0 Å². The van der Waals surface area contributed by atoms with E-state index in [-0.39, 0.29) is 16.6 Å². The highest BCUT2D eigenvalue weighted by molar-refractivity contribution is 6.53. The van der Waals surface area contributed by atoms with Crippen LogP contribution in [-0.2, 0) is 9.59 Å². The second kappa shape index (κ2) is 9.50. The number of hydrogen-bond acceptors (Lipinski definition) is 4. The van der Waals surface area contributed by atoms with Gasteiger partial charge in [-0.3, -0.25) is 14.4 Å². The van der Waals surface area contributed by atoms with Gasteiger partial charge in [-0.25, -0.2) is 4.90 Å². The third-order valence-corrected chi connectivity index (χ3v) is 6.09. The Morgan fingerprint density at radius 1 is 0.824 bits per heavy atom. The average Bonchev–Trinajstić information content (AvgIpc) is 3.00. The Morgan fingerprint density at radius 2 is 1.53 bits per heavy atom. The van der Waals surface area contributed by atoms with Gasteiger partial charge in [-0.15, -0.1) is 0 Å². The molecule has 1 heterocycles. The van der Waals surface area contributed by atoms with Gasteiger partial charge in [-0.2, -0.15) is 0 Å². The molecule has 3 aromatic rings. The van der Waals surface area contributed by atoms with Crippen LogP contribution >= 0.6 is 34.8 Å². The monoisotopic (exact) mass is 513 g/mol. The number of amides is 3. The summed E-state index contributed by atoms with van der Waals surface area (Å²) in [6, 6.07) is 16.6. The maximum Gasteiger partial charge on any atom is 0.283 e. The Kier molecular flexibility index (Phi) is 6.66. The number of halogens is 3. The number of hydrogen-bond donors (Lipinski definition) is 2. The third-order valence-electron chi connectivity index (χ3n) is 5.27. The van der Waals surface area contributed by atoms with Crippen LogP contribution in [0.1, 0.15) is 21.5 Å². The van der Waals surface area contributed by atoms with E-state index in [0.29, 0.717) is 38.2 Å². The smallest absolute Gasteiger partial charge is 0.283 e. The number of carbonyl (C=O) groups excluding carboxylic acids is 3. The molecule has 3 amide bonds. The normalized spacial score (nSPS) is 13.5. The molecule has 0 saturated heterocycles. The lowest BCUT2D eigenvalue weighted by atomic mass is 10.1. The van der Waals surface area contributed by atoms with Crippen molar-refractivity contribution in [3.8, 4) is 0 Å². The second-order valence-electron chi connectivity index (χ2n) is 7.68. The van der Waals surface area contributed by atoms with Gasteiger partial charge in [0.25, 0.3) is 17.7 Å². The number of nitrogens with zero attached hydrogens (tertiary/aromatic N) is 1. The first-order valence-electron chi connectivity index (χ1n) is 10.1. The highest BCUT2D eigenvalue weighted by Crippen LogP contribution is 2.33. The summed E-state index contributed by atoms with van der Waals surface area (Å²) in [4.78, 5) is 39.6. The van der Waals surface area contributed by atoms with Crippen molar-refractivity contribution in [1.82, 2.24) is 0 Å². The summed E-state index contributed by atoms with van der Waals surface area (Å²) < 4.78 is 0. The highest BCUT2D eigenvalue weighted by Gasteiger charge is 2.39. The third kappa shape index (κ3) is 4.66. The molecule has 4 rings (SSSR count). The number of rotatable bonds is 5. The van der Waals surface area contributed by atoms with Crippen molar-refractivity contribution in [2.24, 2.45) is 0 Å². The standard InChI is InChI=1S/C25H18Cl3N3O3/c1-13-6-7-17(27)12-20(13)31-24(33)21(28)22(25(31)34)29-18-5-3-4-15(11-18)23(32)30-19-9-8-16(26)10-14(19)2/h3-12,29H,1-2H3,(H,30,32). The van der Waals surface area contributed by atoms with Gasteiger partial charge in [0.05, 0.1) is 5.69 Å². The van der Waals surface area contributed by atoms with E-state index in [2.05, 4.69) is 10.6 Å². The molecule has 0 fully saturated rings. The Balaban J connectivity index is 1.56. The van der Waals surface area contributed by atoms with Crippen molar-refractivity contribution in [3.05, 3.63) is 98.1 Å². The summed E-state index contributed by atoms with van der Waals surface area (Å²) in [5.41, 5.74) is 3.16. The minimum absolute atomic E-state index is 0.0860. The maximum atomic E-state index is 13.1. The van der Waals surface area contributed by atoms with Crippen LogP contribution in [0.4, 0.5) is 17.1 Å². The van der Waals surface area contributed by atoms with Crippen molar-refractivity contribution >= 4 is 69.6 Å². The number of carbonyl (C=O) groups is 3. The molecule has 9 heteroatoms. The lowest BCUT2D eigenvalue weighted by molar-refractivity contribution is -0.120. The molecule has 0 saturated carbocycles. The molecule has 1 aliphatic rings. The molecule has 0 bridgehead atoms. The molecule has 34 heavy (non-hydrogen) atoms. The Bertz CT molecular complexity index is 1380. The fourth-order valence-corrected chi connectivity index (χ4v) is 4.10. The van der Waals surface area contributed by atoms with Crippen LogP contribution in [0.5, 0.6) is 0 Å². The van der Waals surface area contributed by atoms with Crippen LogP contribution in [0.25, 0.3) is 0 Å². The lowest BCUT2D eigenvalue weighted by Gasteiger charge is -2.18. The van der Waals surface area contributed by atoms with Crippen LogP contribution in [0.2, 0.25) is 10.0 Å². The molecule has 172 valence electrons. The van der Waals surface area contributed by atoms with Crippen LogP contribution in [0.3, 0.4) is 0 Å². The molecular weight excluding hydrogens is 497 g/mol. The topological polar surface area (TPSA) is 78.5 Å². The first-order valence-corrected chi connectivity index (χ1v) is 11.3. The number of benzene rings is 3. The number of aryl methyl sites for hydroxylation is 2. The second-order valence-corrected chi connectivity index (χ2v) is 8.94. The van der Waals surface area contributed by atoms with E-state index in [0.717, 1.165) is 10.5 Å². The van der Waals surface area contributed by atoms with Crippen molar-refractivity contribution in [2.75, 3.05) is 15.5 Å². The molecule has 1 aliphatic heterocycles. The molecule has 0 unspecified atom stereocenters. The quantitative estimate of drug-likeness (QED) is 0.392. The molecule has 0 radical (unpaired) electrons.